The Bertz CT molecular complexity index is 1050. The van der Waals surface area contributed by atoms with Crippen LogP contribution < -0.4 is 10.2 Å². The van der Waals surface area contributed by atoms with Gasteiger partial charge in [-0.2, -0.15) is 0 Å². The summed E-state index contributed by atoms with van der Waals surface area (Å²) in [4.78, 5) is 66.0. The summed E-state index contributed by atoms with van der Waals surface area (Å²) in [6, 6.07) is 3.78. The first-order valence-corrected chi connectivity index (χ1v) is 10.3. The molecule has 3 heterocycles. The van der Waals surface area contributed by atoms with Gasteiger partial charge in [0.25, 0.3) is 17.7 Å². The first-order valence-electron chi connectivity index (χ1n) is 10.3. The van der Waals surface area contributed by atoms with Gasteiger partial charge < -0.3 is 14.5 Å². The molecular weight excluding hydrogens is 416 g/mol. The number of nitrogens with one attached hydrogen (secondary N) is 1. The van der Waals surface area contributed by atoms with Gasteiger partial charge in [-0.1, -0.05) is 0 Å². The Hall–Kier alpha value is -3.69. The minimum Gasteiger partial charge on any atom is -0.444 e. The monoisotopic (exact) mass is 440 g/mol. The summed E-state index contributed by atoms with van der Waals surface area (Å²) in [5.41, 5.74) is 0.601. The number of piperazine rings is 1. The fourth-order valence-electron chi connectivity index (χ4n) is 3.88. The van der Waals surface area contributed by atoms with Crippen molar-refractivity contribution in [1.82, 2.24) is 15.1 Å². The number of nitrogens with zero attached hydrogens (tertiary/aromatic N) is 3. The molecule has 4 rings (SSSR count). The highest BCUT2D eigenvalue weighted by atomic mass is 16.6. The van der Waals surface area contributed by atoms with E-state index in [-0.39, 0.29) is 17.2 Å². The molecule has 168 valence electrons. The van der Waals surface area contributed by atoms with Crippen LogP contribution in [0, 0.1) is 0 Å². The maximum Gasteiger partial charge on any atom is 0.410 e. The zero-order valence-corrected chi connectivity index (χ0v) is 18.1. The minimum absolute atomic E-state index is 0.208. The molecule has 1 saturated heterocycles. The summed E-state index contributed by atoms with van der Waals surface area (Å²) in [5.74, 6) is -2.47. The van der Waals surface area contributed by atoms with Crippen LogP contribution >= 0.6 is 0 Å². The molecule has 1 aromatic rings. The Labute approximate surface area is 184 Å². The SMILES string of the molecule is CC(C)(C)OC(=O)N1CCN(c2ccc3c(c2)C(=O)N(C2C=CC(=O)NC2=O)C3=O)CC1. The van der Waals surface area contributed by atoms with Crippen molar-refractivity contribution in [3.8, 4) is 0 Å². The quantitative estimate of drug-likeness (QED) is 0.680. The van der Waals surface area contributed by atoms with Crippen molar-refractivity contribution in [3.63, 3.8) is 0 Å². The zero-order valence-electron chi connectivity index (χ0n) is 18.1. The van der Waals surface area contributed by atoms with Crippen molar-refractivity contribution in [2.24, 2.45) is 0 Å². The summed E-state index contributed by atoms with van der Waals surface area (Å²) in [5, 5.41) is 2.10. The van der Waals surface area contributed by atoms with Crippen LogP contribution in [0.1, 0.15) is 41.5 Å². The number of benzene rings is 1. The largest absolute Gasteiger partial charge is 0.444 e. The Morgan fingerprint density at radius 1 is 1.00 bits per heavy atom. The van der Waals surface area contributed by atoms with Gasteiger partial charge in [-0.05, 0) is 45.0 Å². The maximum absolute atomic E-state index is 13.0. The Kier molecular flexibility index (Phi) is 5.23. The van der Waals surface area contributed by atoms with E-state index in [9.17, 15) is 24.0 Å². The Morgan fingerprint density at radius 2 is 1.66 bits per heavy atom. The third kappa shape index (κ3) is 3.95. The zero-order chi connectivity index (χ0) is 23.2. The Morgan fingerprint density at radius 3 is 2.28 bits per heavy atom. The van der Waals surface area contributed by atoms with Crippen molar-refractivity contribution < 1.29 is 28.7 Å². The number of rotatable bonds is 2. The molecule has 32 heavy (non-hydrogen) atoms. The molecule has 3 aliphatic heterocycles. The standard InChI is InChI=1S/C22H24N4O6/c1-22(2,3)32-21(31)25-10-8-24(9-11-25)13-4-5-14-15(12-13)20(30)26(19(14)29)16-6-7-17(27)23-18(16)28/h4-7,12,16H,8-11H2,1-3H3,(H,23,27,28). The molecular formula is C22H24N4O6. The minimum atomic E-state index is -1.17. The van der Waals surface area contributed by atoms with Gasteiger partial charge in [0.2, 0.25) is 5.91 Å². The number of imide groups is 2. The average Bonchev–Trinajstić information content (AvgIpc) is 2.97. The van der Waals surface area contributed by atoms with Gasteiger partial charge in [0.1, 0.15) is 11.6 Å². The first-order chi connectivity index (χ1) is 15.0. The van der Waals surface area contributed by atoms with Crippen molar-refractivity contribution in [1.29, 1.82) is 0 Å². The summed E-state index contributed by atoms with van der Waals surface area (Å²) in [6.07, 6.45) is 2.02. The van der Waals surface area contributed by atoms with Gasteiger partial charge in [0.15, 0.2) is 0 Å². The number of amides is 5. The average molecular weight is 440 g/mol. The lowest BCUT2D eigenvalue weighted by Gasteiger charge is -2.36. The van der Waals surface area contributed by atoms with Crippen LogP contribution in [0.4, 0.5) is 10.5 Å². The second-order valence-electron chi connectivity index (χ2n) is 8.82. The van der Waals surface area contributed by atoms with Crippen LogP contribution in [-0.4, -0.2) is 77.3 Å². The van der Waals surface area contributed by atoms with Crippen LogP contribution in [0.25, 0.3) is 0 Å². The van der Waals surface area contributed by atoms with Crippen LogP contribution in [-0.2, 0) is 14.3 Å². The number of hydrogen-bond donors (Lipinski definition) is 1. The van der Waals surface area contributed by atoms with Gasteiger partial charge in [0.05, 0.1) is 11.1 Å². The fourth-order valence-corrected chi connectivity index (χ4v) is 3.88. The predicted molar refractivity (Wildman–Crippen MR) is 113 cm³/mol. The molecule has 1 unspecified atom stereocenters. The molecule has 0 spiro atoms. The smallest absolute Gasteiger partial charge is 0.410 e. The first kappa shape index (κ1) is 21.5. The lowest BCUT2D eigenvalue weighted by atomic mass is 10.1. The molecule has 3 aliphatic rings. The van der Waals surface area contributed by atoms with E-state index in [1.54, 1.807) is 23.1 Å². The van der Waals surface area contributed by atoms with E-state index in [1.165, 1.54) is 6.08 Å². The maximum atomic E-state index is 13.0. The summed E-state index contributed by atoms with van der Waals surface area (Å²) in [6.45, 7) is 7.46. The predicted octanol–water partition coefficient (Wildman–Crippen LogP) is 0.921. The van der Waals surface area contributed by atoms with Gasteiger partial charge in [-0.25, -0.2) is 4.79 Å². The number of ether oxygens (including phenoxy) is 1. The van der Waals surface area contributed by atoms with Crippen LogP contribution in [0.5, 0.6) is 0 Å². The van der Waals surface area contributed by atoms with E-state index >= 15 is 0 Å². The number of carbonyl (C=O) groups is 5. The van der Waals surface area contributed by atoms with E-state index in [2.05, 4.69) is 5.32 Å². The summed E-state index contributed by atoms with van der Waals surface area (Å²) in [7, 11) is 0. The van der Waals surface area contributed by atoms with Crippen molar-refractivity contribution in [2.45, 2.75) is 32.4 Å². The molecule has 1 atom stereocenters. The molecule has 1 N–H and O–H groups in total. The number of hydrogen-bond acceptors (Lipinski definition) is 7. The molecule has 10 heteroatoms. The molecule has 1 fully saturated rings. The van der Waals surface area contributed by atoms with E-state index in [0.29, 0.717) is 26.2 Å². The second-order valence-corrected chi connectivity index (χ2v) is 8.82. The molecule has 0 radical (unpaired) electrons. The van der Waals surface area contributed by atoms with Crippen LogP contribution in [0.2, 0.25) is 0 Å². The molecule has 10 nitrogen and oxygen atoms in total. The van der Waals surface area contributed by atoms with Crippen molar-refractivity contribution in [3.05, 3.63) is 41.5 Å². The Balaban J connectivity index is 1.48. The molecule has 0 bridgehead atoms. The lowest BCUT2D eigenvalue weighted by Crippen LogP contribution is -2.51. The molecule has 1 aromatic carbocycles. The summed E-state index contributed by atoms with van der Waals surface area (Å²) >= 11 is 0. The molecule has 0 aliphatic carbocycles. The van der Waals surface area contributed by atoms with Crippen LogP contribution in [0.15, 0.2) is 30.4 Å². The van der Waals surface area contributed by atoms with Gasteiger partial charge in [-0.3, -0.25) is 29.4 Å². The van der Waals surface area contributed by atoms with Gasteiger partial charge >= 0.3 is 6.09 Å². The highest BCUT2D eigenvalue weighted by Gasteiger charge is 2.43. The molecule has 0 saturated carbocycles. The van der Waals surface area contributed by atoms with Crippen molar-refractivity contribution in [2.75, 3.05) is 31.1 Å². The lowest BCUT2D eigenvalue weighted by molar-refractivity contribution is -0.130. The topological polar surface area (TPSA) is 116 Å². The highest BCUT2D eigenvalue weighted by Crippen LogP contribution is 2.30. The van der Waals surface area contributed by atoms with Gasteiger partial charge in [-0.15, -0.1) is 0 Å². The normalized spacial score (nSPS) is 21.1. The highest BCUT2D eigenvalue weighted by molar-refractivity contribution is 6.24. The van der Waals surface area contributed by atoms with Gasteiger partial charge in [0, 0.05) is 37.9 Å². The third-order valence-corrected chi connectivity index (χ3v) is 5.42. The number of carbonyl (C=O) groups excluding carboxylic acids is 5. The van der Waals surface area contributed by atoms with E-state index in [1.807, 2.05) is 25.7 Å². The van der Waals surface area contributed by atoms with Crippen LogP contribution in [0.3, 0.4) is 0 Å². The second kappa shape index (κ2) is 7.77. The summed E-state index contributed by atoms with van der Waals surface area (Å²) < 4.78 is 5.41. The fraction of sp³-hybridized carbons (Fsp3) is 0.409. The molecule has 0 aromatic heterocycles. The number of fused-ring (bicyclic) bond motifs is 1. The van der Waals surface area contributed by atoms with E-state index < -0.39 is 35.3 Å². The molecule has 5 amide bonds. The number of anilines is 1. The van der Waals surface area contributed by atoms with E-state index in [0.717, 1.165) is 16.7 Å². The van der Waals surface area contributed by atoms with Crippen molar-refractivity contribution >= 4 is 35.4 Å². The van der Waals surface area contributed by atoms with E-state index in [4.69, 9.17) is 4.74 Å². The third-order valence-electron chi connectivity index (χ3n) is 5.42.